The van der Waals surface area contributed by atoms with Gasteiger partial charge in [-0.15, -0.1) is 24.0 Å². The monoisotopic (exact) mass is 467 g/mol. The summed E-state index contributed by atoms with van der Waals surface area (Å²) in [7, 11) is 5.02. The number of methoxy groups -OCH3 is 2. The van der Waals surface area contributed by atoms with Gasteiger partial charge < -0.3 is 29.6 Å². The summed E-state index contributed by atoms with van der Waals surface area (Å²) in [5.74, 6) is 2.27. The van der Waals surface area contributed by atoms with E-state index < -0.39 is 0 Å². The van der Waals surface area contributed by atoms with Gasteiger partial charge in [0.05, 0.1) is 33.5 Å². The third-order valence-corrected chi connectivity index (χ3v) is 3.13. The van der Waals surface area contributed by atoms with E-state index in [4.69, 9.17) is 18.9 Å². The van der Waals surface area contributed by atoms with Gasteiger partial charge in [0.1, 0.15) is 17.6 Å². The average Bonchev–Trinajstić information content (AvgIpc) is 2.60. The molecular formula is C17H30IN3O4. The lowest BCUT2D eigenvalue weighted by Crippen LogP contribution is -2.42. The van der Waals surface area contributed by atoms with Crippen LogP contribution in [0, 0.1) is 0 Å². The second-order valence-corrected chi connectivity index (χ2v) is 5.09. The van der Waals surface area contributed by atoms with Gasteiger partial charge in [0.2, 0.25) is 0 Å². The lowest BCUT2D eigenvalue weighted by Gasteiger charge is -2.18. The van der Waals surface area contributed by atoms with Gasteiger partial charge in [-0.05, 0) is 19.1 Å². The third-order valence-electron chi connectivity index (χ3n) is 3.13. The number of halogens is 1. The molecule has 144 valence electrons. The molecule has 0 aliphatic carbocycles. The number of benzene rings is 1. The molecule has 1 aromatic carbocycles. The van der Waals surface area contributed by atoms with E-state index in [1.165, 1.54) is 0 Å². The van der Waals surface area contributed by atoms with E-state index >= 15 is 0 Å². The van der Waals surface area contributed by atoms with E-state index in [0.29, 0.717) is 38.9 Å². The van der Waals surface area contributed by atoms with Crippen molar-refractivity contribution in [2.45, 2.75) is 13.0 Å². The first-order valence-corrected chi connectivity index (χ1v) is 8.01. The SMILES string of the molecule is CN=C(NCCOCCOC)NCC(C)Oc1cccc(OC)c1.I. The largest absolute Gasteiger partial charge is 0.497 e. The van der Waals surface area contributed by atoms with E-state index in [2.05, 4.69) is 15.6 Å². The number of aliphatic imine (C=N–C) groups is 1. The Labute approximate surface area is 167 Å². The van der Waals surface area contributed by atoms with Gasteiger partial charge >= 0.3 is 0 Å². The standard InChI is InChI=1S/C17H29N3O4.HI/c1-14(24-16-7-5-6-15(12-16)22-4)13-20-17(18-2)19-8-9-23-11-10-21-3;/h5-7,12,14H,8-11,13H2,1-4H3,(H2,18,19,20);1H. The van der Waals surface area contributed by atoms with E-state index in [1.807, 2.05) is 31.2 Å². The first-order chi connectivity index (χ1) is 11.7. The topological polar surface area (TPSA) is 73.3 Å². The number of rotatable bonds is 11. The predicted molar refractivity (Wildman–Crippen MR) is 111 cm³/mol. The summed E-state index contributed by atoms with van der Waals surface area (Å²) in [6, 6.07) is 7.55. The quantitative estimate of drug-likeness (QED) is 0.224. The summed E-state index contributed by atoms with van der Waals surface area (Å²) in [5, 5.41) is 6.40. The number of guanidine groups is 1. The molecule has 0 aromatic heterocycles. The van der Waals surface area contributed by atoms with Crippen LogP contribution in [0.15, 0.2) is 29.3 Å². The van der Waals surface area contributed by atoms with E-state index in [-0.39, 0.29) is 30.1 Å². The minimum atomic E-state index is -0.0198. The summed E-state index contributed by atoms with van der Waals surface area (Å²) in [6.07, 6.45) is -0.0198. The summed E-state index contributed by atoms with van der Waals surface area (Å²) >= 11 is 0. The molecule has 0 aliphatic heterocycles. The molecule has 2 N–H and O–H groups in total. The summed E-state index contributed by atoms with van der Waals surface area (Å²) in [6.45, 7) is 5.09. The third kappa shape index (κ3) is 11.1. The molecule has 0 spiro atoms. The number of nitrogens with one attached hydrogen (secondary N) is 2. The van der Waals surface area contributed by atoms with Gasteiger partial charge in [0, 0.05) is 26.8 Å². The van der Waals surface area contributed by atoms with Crippen LogP contribution in [0.5, 0.6) is 11.5 Å². The Hall–Kier alpha value is -1.26. The van der Waals surface area contributed by atoms with Crippen molar-refractivity contribution >= 4 is 29.9 Å². The molecule has 0 aliphatic rings. The molecule has 1 atom stereocenters. The molecule has 0 radical (unpaired) electrons. The normalized spacial score (nSPS) is 12.1. The lowest BCUT2D eigenvalue weighted by atomic mass is 10.3. The van der Waals surface area contributed by atoms with Crippen LogP contribution < -0.4 is 20.1 Å². The Morgan fingerprint density at radius 2 is 1.88 bits per heavy atom. The smallest absolute Gasteiger partial charge is 0.191 e. The highest BCUT2D eigenvalue weighted by Crippen LogP contribution is 2.19. The van der Waals surface area contributed by atoms with Gasteiger partial charge in [-0.25, -0.2) is 0 Å². The molecule has 1 unspecified atom stereocenters. The number of hydrogen-bond donors (Lipinski definition) is 2. The fourth-order valence-corrected chi connectivity index (χ4v) is 1.90. The van der Waals surface area contributed by atoms with Crippen LogP contribution in [-0.2, 0) is 9.47 Å². The molecule has 0 fully saturated rings. The van der Waals surface area contributed by atoms with Crippen LogP contribution in [0.25, 0.3) is 0 Å². The maximum absolute atomic E-state index is 5.86. The van der Waals surface area contributed by atoms with Crippen LogP contribution in [0.3, 0.4) is 0 Å². The van der Waals surface area contributed by atoms with Crippen molar-refractivity contribution in [3.05, 3.63) is 24.3 Å². The highest BCUT2D eigenvalue weighted by Gasteiger charge is 2.06. The molecule has 8 heteroatoms. The Kier molecular flexibility index (Phi) is 14.3. The molecule has 0 amide bonds. The molecule has 0 bridgehead atoms. The summed E-state index contributed by atoms with van der Waals surface area (Å²) in [5.41, 5.74) is 0. The molecule has 7 nitrogen and oxygen atoms in total. The van der Waals surface area contributed by atoms with Crippen LogP contribution >= 0.6 is 24.0 Å². The van der Waals surface area contributed by atoms with Gasteiger partial charge in [-0.3, -0.25) is 4.99 Å². The molecule has 0 saturated heterocycles. The lowest BCUT2D eigenvalue weighted by molar-refractivity contribution is 0.0733. The zero-order chi connectivity index (χ0) is 17.6. The fourth-order valence-electron chi connectivity index (χ4n) is 1.90. The molecule has 1 aromatic rings. The van der Waals surface area contributed by atoms with E-state index in [9.17, 15) is 0 Å². The van der Waals surface area contributed by atoms with Gasteiger partial charge in [0.15, 0.2) is 5.96 Å². The van der Waals surface area contributed by atoms with Crippen molar-refractivity contribution in [3.8, 4) is 11.5 Å². The Morgan fingerprint density at radius 1 is 1.12 bits per heavy atom. The Balaban J connectivity index is 0.00000576. The van der Waals surface area contributed by atoms with Gasteiger partial charge in [-0.2, -0.15) is 0 Å². The fraction of sp³-hybridized carbons (Fsp3) is 0.588. The summed E-state index contributed by atoms with van der Waals surface area (Å²) < 4.78 is 21.3. The molecule has 0 saturated carbocycles. The maximum Gasteiger partial charge on any atom is 0.191 e. The van der Waals surface area contributed by atoms with Crippen molar-refractivity contribution in [2.24, 2.45) is 4.99 Å². The van der Waals surface area contributed by atoms with Crippen molar-refractivity contribution in [1.82, 2.24) is 10.6 Å². The zero-order valence-corrected chi connectivity index (χ0v) is 17.7. The molecule has 25 heavy (non-hydrogen) atoms. The number of ether oxygens (including phenoxy) is 4. The van der Waals surface area contributed by atoms with Gasteiger partial charge in [-0.1, -0.05) is 6.07 Å². The van der Waals surface area contributed by atoms with Crippen LogP contribution in [0.2, 0.25) is 0 Å². The molecular weight excluding hydrogens is 437 g/mol. The van der Waals surface area contributed by atoms with Crippen LogP contribution in [-0.4, -0.2) is 66.2 Å². The number of nitrogens with zero attached hydrogens (tertiary/aromatic N) is 1. The maximum atomic E-state index is 5.86. The van der Waals surface area contributed by atoms with Crippen molar-refractivity contribution in [2.75, 3.05) is 54.2 Å². The van der Waals surface area contributed by atoms with E-state index in [1.54, 1.807) is 21.3 Å². The van der Waals surface area contributed by atoms with Crippen LogP contribution in [0.1, 0.15) is 6.92 Å². The van der Waals surface area contributed by atoms with Crippen LogP contribution in [0.4, 0.5) is 0 Å². The zero-order valence-electron chi connectivity index (χ0n) is 15.4. The first kappa shape index (κ1) is 23.7. The second-order valence-electron chi connectivity index (χ2n) is 5.09. The summed E-state index contributed by atoms with van der Waals surface area (Å²) in [4.78, 5) is 4.17. The Morgan fingerprint density at radius 3 is 2.56 bits per heavy atom. The Bertz CT molecular complexity index is 489. The minimum Gasteiger partial charge on any atom is -0.497 e. The average molecular weight is 467 g/mol. The minimum absolute atomic E-state index is 0. The van der Waals surface area contributed by atoms with Gasteiger partial charge in [0.25, 0.3) is 0 Å². The predicted octanol–water partition coefficient (Wildman–Crippen LogP) is 1.91. The highest BCUT2D eigenvalue weighted by molar-refractivity contribution is 14.0. The second kappa shape index (κ2) is 15.0. The number of hydrogen-bond acceptors (Lipinski definition) is 5. The first-order valence-electron chi connectivity index (χ1n) is 8.01. The van der Waals surface area contributed by atoms with Crippen molar-refractivity contribution in [3.63, 3.8) is 0 Å². The van der Waals surface area contributed by atoms with Crippen molar-refractivity contribution < 1.29 is 18.9 Å². The molecule has 0 heterocycles. The van der Waals surface area contributed by atoms with E-state index in [0.717, 1.165) is 11.5 Å². The highest BCUT2D eigenvalue weighted by atomic mass is 127. The molecule has 1 rings (SSSR count). The van der Waals surface area contributed by atoms with Crippen molar-refractivity contribution in [1.29, 1.82) is 0 Å².